The zero-order valence-corrected chi connectivity index (χ0v) is 15.6. The quantitative estimate of drug-likeness (QED) is 0.479. The van der Waals surface area contributed by atoms with Gasteiger partial charge in [0.2, 0.25) is 0 Å². The molecule has 0 saturated carbocycles. The van der Waals surface area contributed by atoms with Gasteiger partial charge in [-0.1, -0.05) is 6.08 Å². The summed E-state index contributed by atoms with van der Waals surface area (Å²) in [7, 11) is 0. The van der Waals surface area contributed by atoms with Crippen molar-refractivity contribution in [3.05, 3.63) is 68.9 Å². The highest BCUT2D eigenvalue weighted by Crippen LogP contribution is 2.29. The molecule has 0 saturated heterocycles. The van der Waals surface area contributed by atoms with Gasteiger partial charge in [0.1, 0.15) is 5.69 Å². The summed E-state index contributed by atoms with van der Waals surface area (Å²) in [4.78, 5) is 9.53. The monoisotopic (exact) mass is 363 g/mol. The minimum Gasteiger partial charge on any atom is -0.276 e. The Labute approximate surface area is 154 Å². The van der Waals surface area contributed by atoms with Gasteiger partial charge in [0.15, 0.2) is 0 Å². The summed E-state index contributed by atoms with van der Waals surface area (Å²) in [5, 5.41) is 7.55. The van der Waals surface area contributed by atoms with Crippen molar-refractivity contribution >= 4 is 34.8 Å². The zero-order valence-electron chi connectivity index (χ0n) is 14.0. The second kappa shape index (κ2) is 6.78. The SMILES string of the molecule is Cc1ccc(/C=C/c2ccnc(-c3cc(-c4ccc(C)s4)[nH]n3)c2)s1. The van der Waals surface area contributed by atoms with Crippen LogP contribution >= 0.6 is 22.7 Å². The molecule has 0 unspecified atom stereocenters. The summed E-state index contributed by atoms with van der Waals surface area (Å²) in [5.41, 5.74) is 3.89. The second-order valence-electron chi connectivity index (χ2n) is 5.83. The fourth-order valence-electron chi connectivity index (χ4n) is 2.57. The van der Waals surface area contributed by atoms with Gasteiger partial charge in [0, 0.05) is 20.8 Å². The zero-order chi connectivity index (χ0) is 17.2. The molecular formula is C20H17N3S2. The standard InChI is InChI=1S/C20H17N3S2/c1-13-3-6-16(24-13)7-5-15-9-10-21-17(11-15)18-12-19(23-22-18)20-8-4-14(2)25-20/h3-12H,1-2H3,(H,22,23)/b7-5+. The van der Waals surface area contributed by atoms with Crippen LogP contribution in [0.3, 0.4) is 0 Å². The van der Waals surface area contributed by atoms with Gasteiger partial charge in [-0.15, -0.1) is 22.7 Å². The maximum absolute atomic E-state index is 4.47. The Morgan fingerprint density at radius 3 is 2.48 bits per heavy atom. The lowest BCUT2D eigenvalue weighted by Gasteiger charge is -1.97. The lowest BCUT2D eigenvalue weighted by molar-refractivity contribution is 1.09. The molecule has 0 spiro atoms. The van der Waals surface area contributed by atoms with E-state index < -0.39 is 0 Å². The van der Waals surface area contributed by atoms with E-state index in [0.717, 1.165) is 22.6 Å². The summed E-state index contributed by atoms with van der Waals surface area (Å²) in [6.45, 7) is 4.23. The molecule has 4 aromatic heterocycles. The minimum atomic E-state index is 0.864. The van der Waals surface area contributed by atoms with Crippen molar-refractivity contribution in [1.82, 2.24) is 15.2 Å². The lowest BCUT2D eigenvalue weighted by Crippen LogP contribution is -1.84. The first kappa shape index (κ1) is 16.0. The fraction of sp³-hybridized carbons (Fsp3) is 0.100. The maximum Gasteiger partial charge on any atom is 0.111 e. The molecular weight excluding hydrogens is 346 g/mol. The molecule has 3 nitrogen and oxygen atoms in total. The highest BCUT2D eigenvalue weighted by Gasteiger charge is 2.08. The molecule has 0 atom stereocenters. The van der Waals surface area contributed by atoms with Crippen molar-refractivity contribution in [1.29, 1.82) is 0 Å². The Morgan fingerprint density at radius 2 is 1.72 bits per heavy atom. The van der Waals surface area contributed by atoms with Crippen molar-refractivity contribution in [3.63, 3.8) is 0 Å². The third-order valence-corrected chi connectivity index (χ3v) is 5.83. The van der Waals surface area contributed by atoms with Gasteiger partial charge in [-0.3, -0.25) is 10.1 Å². The Hall–Kier alpha value is -2.50. The molecule has 1 N–H and O–H groups in total. The molecule has 25 heavy (non-hydrogen) atoms. The number of aromatic nitrogens is 3. The second-order valence-corrected chi connectivity index (χ2v) is 8.44. The average molecular weight is 364 g/mol. The number of nitrogens with one attached hydrogen (secondary N) is 1. The number of aromatic amines is 1. The van der Waals surface area contributed by atoms with Crippen LogP contribution in [-0.2, 0) is 0 Å². The highest BCUT2D eigenvalue weighted by atomic mass is 32.1. The number of hydrogen-bond acceptors (Lipinski definition) is 4. The van der Waals surface area contributed by atoms with Gasteiger partial charge in [0.25, 0.3) is 0 Å². The molecule has 124 valence electrons. The van der Waals surface area contributed by atoms with E-state index >= 15 is 0 Å². The molecule has 4 heterocycles. The van der Waals surface area contributed by atoms with E-state index in [1.165, 1.54) is 19.5 Å². The first-order valence-electron chi connectivity index (χ1n) is 8.00. The van der Waals surface area contributed by atoms with E-state index in [9.17, 15) is 0 Å². The topological polar surface area (TPSA) is 41.6 Å². The number of hydrogen-bond donors (Lipinski definition) is 1. The van der Waals surface area contributed by atoms with Crippen molar-refractivity contribution < 1.29 is 0 Å². The van der Waals surface area contributed by atoms with E-state index in [1.807, 2.05) is 12.3 Å². The van der Waals surface area contributed by atoms with Crippen LogP contribution in [-0.4, -0.2) is 15.2 Å². The van der Waals surface area contributed by atoms with Crippen molar-refractivity contribution in [2.75, 3.05) is 0 Å². The fourth-order valence-corrected chi connectivity index (χ4v) is 4.18. The van der Waals surface area contributed by atoms with Crippen LogP contribution in [0.2, 0.25) is 0 Å². The molecule has 4 rings (SSSR count). The predicted octanol–water partition coefficient (Wildman–Crippen LogP) is 6.05. The minimum absolute atomic E-state index is 0.864. The summed E-state index contributed by atoms with van der Waals surface area (Å²) in [5.74, 6) is 0. The van der Waals surface area contributed by atoms with E-state index in [4.69, 9.17) is 0 Å². The molecule has 0 fully saturated rings. The molecule has 5 heteroatoms. The molecule has 0 aliphatic heterocycles. The van der Waals surface area contributed by atoms with Crippen LogP contribution in [0.4, 0.5) is 0 Å². The Kier molecular flexibility index (Phi) is 4.34. The molecule has 0 aliphatic rings. The Bertz CT molecular complexity index is 1040. The largest absolute Gasteiger partial charge is 0.276 e. The van der Waals surface area contributed by atoms with E-state index in [0.29, 0.717) is 0 Å². The lowest BCUT2D eigenvalue weighted by atomic mass is 10.1. The number of thiophene rings is 2. The van der Waals surface area contributed by atoms with Crippen LogP contribution in [0, 0.1) is 13.8 Å². The van der Waals surface area contributed by atoms with Crippen molar-refractivity contribution in [2.24, 2.45) is 0 Å². The Balaban J connectivity index is 1.59. The molecule has 0 bridgehead atoms. The van der Waals surface area contributed by atoms with Crippen LogP contribution in [0.5, 0.6) is 0 Å². The van der Waals surface area contributed by atoms with Gasteiger partial charge in [-0.05, 0) is 68.0 Å². The number of nitrogens with zero attached hydrogens (tertiary/aromatic N) is 2. The highest BCUT2D eigenvalue weighted by molar-refractivity contribution is 7.15. The first-order chi connectivity index (χ1) is 12.2. The normalized spacial score (nSPS) is 11.4. The summed E-state index contributed by atoms with van der Waals surface area (Å²) >= 11 is 3.55. The van der Waals surface area contributed by atoms with Crippen LogP contribution in [0.25, 0.3) is 34.1 Å². The Morgan fingerprint density at radius 1 is 0.880 bits per heavy atom. The van der Waals surface area contributed by atoms with E-state index in [1.54, 1.807) is 22.7 Å². The maximum atomic E-state index is 4.47. The number of aryl methyl sites for hydroxylation is 2. The summed E-state index contributed by atoms with van der Waals surface area (Å²) < 4.78 is 0. The predicted molar refractivity (Wildman–Crippen MR) is 108 cm³/mol. The summed E-state index contributed by atoms with van der Waals surface area (Å²) in [6.07, 6.45) is 6.09. The average Bonchev–Trinajstić information content (AvgIpc) is 3.34. The third kappa shape index (κ3) is 3.62. The summed E-state index contributed by atoms with van der Waals surface area (Å²) in [6, 6.07) is 14.7. The van der Waals surface area contributed by atoms with Crippen molar-refractivity contribution in [2.45, 2.75) is 13.8 Å². The molecule has 4 aromatic rings. The molecule has 0 aromatic carbocycles. The van der Waals surface area contributed by atoms with Crippen LogP contribution in [0.1, 0.15) is 20.2 Å². The number of rotatable bonds is 4. The number of pyridine rings is 1. The van der Waals surface area contributed by atoms with E-state index in [2.05, 4.69) is 77.6 Å². The van der Waals surface area contributed by atoms with Crippen molar-refractivity contribution in [3.8, 4) is 22.0 Å². The molecule has 0 aliphatic carbocycles. The van der Waals surface area contributed by atoms with Crippen LogP contribution < -0.4 is 0 Å². The molecule has 0 amide bonds. The van der Waals surface area contributed by atoms with Gasteiger partial charge >= 0.3 is 0 Å². The third-order valence-electron chi connectivity index (χ3n) is 3.83. The van der Waals surface area contributed by atoms with Crippen LogP contribution in [0.15, 0.2) is 48.7 Å². The molecule has 0 radical (unpaired) electrons. The van der Waals surface area contributed by atoms with Gasteiger partial charge in [0.05, 0.1) is 16.3 Å². The van der Waals surface area contributed by atoms with Gasteiger partial charge in [-0.2, -0.15) is 5.10 Å². The van der Waals surface area contributed by atoms with Gasteiger partial charge in [-0.25, -0.2) is 0 Å². The first-order valence-corrected chi connectivity index (χ1v) is 9.64. The van der Waals surface area contributed by atoms with E-state index in [-0.39, 0.29) is 0 Å². The number of H-pyrrole nitrogens is 1. The van der Waals surface area contributed by atoms with Gasteiger partial charge < -0.3 is 0 Å². The smallest absolute Gasteiger partial charge is 0.111 e.